The quantitative estimate of drug-likeness (QED) is 0.537. The van der Waals surface area contributed by atoms with Crippen molar-refractivity contribution in [1.82, 2.24) is 0 Å². The monoisotopic (exact) mass is 367 g/mol. The first-order valence-corrected chi connectivity index (χ1v) is 8.79. The summed E-state index contributed by atoms with van der Waals surface area (Å²) in [7, 11) is -4.02. The van der Waals surface area contributed by atoms with Gasteiger partial charge in [-0.15, -0.1) is 0 Å². The maximum atomic E-state index is 11.0. The van der Waals surface area contributed by atoms with Crippen molar-refractivity contribution in [3.8, 4) is 0 Å². The van der Waals surface area contributed by atoms with Gasteiger partial charge >= 0.3 is 5.97 Å². The number of hydrogen-bond acceptors (Lipinski definition) is 6. The number of rotatable bonds is 5. The van der Waals surface area contributed by atoms with Crippen LogP contribution in [-0.2, 0) is 26.3 Å². The average molecular weight is 367 g/mol. The van der Waals surface area contributed by atoms with E-state index in [0.29, 0.717) is 0 Å². The van der Waals surface area contributed by atoms with E-state index in [1.54, 1.807) is 12.1 Å². The molecule has 25 heavy (non-hydrogen) atoms. The Morgan fingerprint density at radius 2 is 1.68 bits per heavy atom. The van der Waals surface area contributed by atoms with Crippen LogP contribution >= 0.6 is 0 Å². The van der Waals surface area contributed by atoms with Gasteiger partial charge in [-0.25, -0.2) is 0 Å². The van der Waals surface area contributed by atoms with Crippen molar-refractivity contribution >= 4 is 16.1 Å². The lowest BCUT2D eigenvalue weighted by molar-refractivity contribution is -0.147. The molecule has 0 saturated carbocycles. The average Bonchev–Trinajstić information content (AvgIpc) is 2.60. The third-order valence-corrected chi connectivity index (χ3v) is 3.91. The lowest BCUT2D eigenvalue weighted by Crippen LogP contribution is -2.35. The van der Waals surface area contributed by atoms with Gasteiger partial charge in [-0.3, -0.25) is 9.35 Å². The molecule has 0 aliphatic carbocycles. The second kappa shape index (κ2) is 9.90. The van der Waals surface area contributed by atoms with Gasteiger partial charge in [0, 0.05) is 0 Å². The van der Waals surface area contributed by atoms with Crippen LogP contribution in [0.4, 0.5) is 0 Å². The highest BCUT2D eigenvalue weighted by Crippen LogP contribution is 2.08. The number of esters is 1. The third kappa shape index (κ3) is 7.90. The van der Waals surface area contributed by atoms with Crippen molar-refractivity contribution in [2.45, 2.75) is 24.5 Å². The molecule has 0 heterocycles. The molecule has 4 N–H and O–H groups in total. The first-order chi connectivity index (χ1) is 11.7. The minimum atomic E-state index is -4.02. The van der Waals surface area contributed by atoms with E-state index in [1.165, 1.54) is 12.1 Å². The summed E-state index contributed by atoms with van der Waals surface area (Å²) in [5.41, 5.74) is 7.11. The molecule has 0 saturated heterocycles. The van der Waals surface area contributed by atoms with E-state index in [-0.39, 0.29) is 11.5 Å². The smallest absolute Gasteiger partial charge is 0.325 e. The Morgan fingerprint density at radius 1 is 1.12 bits per heavy atom. The Labute approximate surface area is 146 Å². The molecule has 0 radical (unpaired) electrons. The SMILES string of the molecule is Cc1ccc(S(=O)(=O)O)cc1.N[C@H](CO)C(=O)OCc1ccccc1. The van der Waals surface area contributed by atoms with Crippen LogP contribution in [0.1, 0.15) is 11.1 Å². The molecule has 2 rings (SSSR count). The van der Waals surface area contributed by atoms with Crippen molar-refractivity contribution in [3.63, 3.8) is 0 Å². The van der Waals surface area contributed by atoms with Crippen LogP contribution in [0.2, 0.25) is 0 Å². The lowest BCUT2D eigenvalue weighted by Gasteiger charge is -2.08. The van der Waals surface area contributed by atoms with Gasteiger partial charge in [-0.1, -0.05) is 48.0 Å². The Hall–Kier alpha value is -2.26. The molecule has 0 fully saturated rings. The standard InChI is InChI=1S/C10H13NO3.C7H8O3S/c11-9(6-12)10(13)14-7-8-4-2-1-3-5-8;1-6-2-4-7(5-3-6)11(8,9)10/h1-5,9,12H,6-7,11H2;2-5H,1H3,(H,8,9,10)/t9-;/m1./s1. The molecule has 1 atom stereocenters. The van der Waals surface area contributed by atoms with Crippen LogP contribution in [0.5, 0.6) is 0 Å². The van der Waals surface area contributed by atoms with Crippen molar-refractivity contribution in [2.24, 2.45) is 5.73 Å². The van der Waals surface area contributed by atoms with Gasteiger partial charge in [0.1, 0.15) is 12.6 Å². The van der Waals surface area contributed by atoms with E-state index in [9.17, 15) is 13.2 Å². The number of nitrogens with two attached hydrogens (primary N) is 1. The number of aryl methyl sites for hydroxylation is 1. The lowest BCUT2D eigenvalue weighted by atomic mass is 10.2. The van der Waals surface area contributed by atoms with Crippen LogP contribution in [0.15, 0.2) is 59.5 Å². The summed E-state index contributed by atoms with van der Waals surface area (Å²) in [6, 6.07) is 14.3. The second-order valence-electron chi connectivity index (χ2n) is 5.17. The number of aliphatic hydroxyl groups excluding tert-OH is 1. The fourth-order valence-corrected chi connectivity index (χ4v) is 2.10. The molecule has 0 aromatic heterocycles. The highest BCUT2D eigenvalue weighted by Gasteiger charge is 2.13. The van der Waals surface area contributed by atoms with Crippen LogP contribution in [0, 0.1) is 6.92 Å². The van der Waals surface area contributed by atoms with Gasteiger partial charge in [-0.05, 0) is 24.6 Å². The Kier molecular flexibility index (Phi) is 8.23. The van der Waals surface area contributed by atoms with Crippen molar-refractivity contribution < 1.29 is 27.6 Å². The molecule has 2 aromatic rings. The van der Waals surface area contributed by atoms with Crippen LogP contribution in [0.25, 0.3) is 0 Å². The molecule has 8 heteroatoms. The molecule has 0 amide bonds. The molecule has 0 bridgehead atoms. The van der Waals surface area contributed by atoms with Gasteiger partial charge < -0.3 is 15.6 Å². The number of carbonyl (C=O) groups is 1. The molecular formula is C17H21NO6S. The zero-order valence-corrected chi connectivity index (χ0v) is 14.5. The normalized spacial score (nSPS) is 11.8. The molecule has 0 spiro atoms. The van der Waals surface area contributed by atoms with Crippen LogP contribution in [-0.4, -0.2) is 36.7 Å². The molecule has 2 aromatic carbocycles. The number of benzene rings is 2. The maximum Gasteiger partial charge on any atom is 0.325 e. The first-order valence-electron chi connectivity index (χ1n) is 7.35. The Morgan fingerprint density at radius 3 is 2.16 bits per heavy atom. The maximum absolute atomic E-state index is 11.0. The van der Waals surface area contributed by atoms with Gasteiger partial charge in [0.15, 0.2) is 0 Å². The van der Waals surface area contributed by atoms with E-state index in [2.05, 4.69) is 0 Å². The predicted molar refractivity (Wildman–Crippen MR) is 92.3 cm³/mol. The highest BCUT2D eigenvalue weighted by atomic mass is 32.2. The minimum Gasteiger partial charge on any atom is -0.460 e. The van der Waals surface area contributed by atoms with Gasteiger partial charge in [0.25, 0.3) is 10.1 Å². The third-order valence-electron chi connectivity index (χ3n) is 3.04. The molecular weight excluding hydrogens is 346 g/mol. The van der Waals surface area contributed by atoms with Crippen molar-refractivity contribution in [2.75, 3.05) is 6.61 Å². The Bertz CT molecular complexity index is 759. The van der Waals surface area contributed by atoms with Crippen LogP contribution < -0.4 is 5.73 Å². The topological polar surface area (TPSA) is 127 Å². The number of carbonyl (C=O) groups excluding carboxylic acids is 1. The zero-order chi connectivity index (χ0) is 18.9. The first kappa shape index (κ1) is 20.8. The molecule has 0 unspecified atom stereocenters. The number of hydrogen-bond donors (Lipinski definition) is 3. The van der Waals surface area contributed by atoms with E-state index in [0.717, 1.165) is 11.1 Å². The fourth-order valence-electron chi connectivity index (χ4n) is 1.62. The van der Waals surface area contributed by atoms with Crippen molar-refractivity contribution in [3.05, 3.63) is 65.7 Å². The molecule has 0 aliphatic heterocycles. The van der Waals surface area contributed by atoms with Crippen molar-refractivity contribution in [1.29, 1.82) is 0 Å². The number of ether oxygens (including phenoxy) is 1. The predicted octanol–water partition coefficient (Wildman–Crippen LogP) is 1.29. The summed E-state index contributed by atoms with van der Waals surface area (Å²) in [6.45, 7) is 1.63. The summed E-state index contributed by atoms with van der Waals surface area (Å²) in [6.07, 6.45) is 0. The highest BCUT2D eigenvalue weighted by molar-refractivity contribution is 7.85. The number of aliphatic hydroxyl groups is 1. The minimum absolute atomic E-state index is 0.0666. The van der Waals surface area contributed by atoms with E-state index in [1.807, 2.05) is 37.3 Å². The fraction of sp³-hybridized carbons (Fsp3) is 0.235. The van der Waals surface area contributed by atoms with E-state index < -0.39 is 28.7 Å². The van der Waals surface area contributed by atoms with Crippen LogP contribution in [0.3, 0.4) is 0 Å². The summed E-state index contributed by atoms with van der Waals surface area (Å²) >= 11 is 0. The Balaban J connectivity index is 0.000000257. The largest absolute Gasteiger partial charge is 0.460 e. The van der Waals surface area contributed by atoms with Gasteiger partial charge in [0.05, 0.1) is 11.5 Å². The summed E-state index contributed by atoms with van der Waals surface area (Å²) in [5.74, 6) is -0.587. The van der Waals surface area contributed by atoms with Gasteiger partial charge in [-0.2, -0.15) is 8.42 Å². The zero-order valence-electron chi connectivity index (χ0n) is 13.7. The summed E-state index contributed by atoms with van der Waals surface area (Å²) < 4.78 is 34.4. The van der Waals surface area contributed by atoms with Gasteiger partial charge in [0.2, 0.25) is 0 Å². The molecule has 0 aliphatic rings. The second-order valence-corrected chi connectivity index (χ2v) is 6.59. The van der Waals surface area contributed by atoms with E-state index >= 15 is 0 Å². The molecule has 7 nitrogen and oxygen atoms in total. The summed E-state index contributed by atoms with van der Waals surface area (Å²) in [4.78, 5) is 11.0. The van der Waals surface area contributed by atoms with E-state index in [4.69, 9.17) is 20.1 Å². The molecule has 136 valence electrons. The summed E-state index contributed by atoms with van der Waals surface area (Å²) in [5, 5.41) is 8.58.